The van der Waals surface area contributed by atoms with Gasteiger partial charge in [-0.25, -0.2) is 19.4 Å². The summed E-state index contributed by atoms with van der Waals surface area (Å²) in [6.45, 7) is 2.57. The summed E-state index contributed by atoms with van der Waals surface area (Å²) in [5.74, 6) is -1.15. The van der Waals surface area contributed by atoms with Crippen molar-refractivity contribution in [3.05, 3.63) is 51.5 Å². The molecule has 0 bridgehead atoms. The smallest absolute Gasteiger partial charge is 0.296 e. The van der Waals surface area contributed by atoms with Gasteiger partial charge in [-0.15, -0.1) is 0 Å². The van der Waals surface area contributed by atoms with E-state index >= 15 is 0 Å². The lowest BCUT2D eigenvalue weighted by molar-refractivity contribution is 0.0911. The summed E-state index contributed by atoms with van der Waals surface area (Å²) in [5.41, 5.74) is 4.80. The zero-order valence-electron chi connectivity index (χ0n) is 18.9. The van der Waals surface area contributed by atoms with Crippen molar-refractivity contribution in [2.24, 2.45) is 15.7 Å². The molecule has 1 aromatic heterocycles. The van der Waals surface area contributed by atoms with Gasteiger partial charge in [0.15, 0.2) is 5.69 Å². The van der Waals surface area contributed by atoms with Crippen LogP contribution in [0.4, 0.5) is 10.1 Å². The van der Waals surface area contributed by atoms with Crippen LogP contribution in [0.15, 0.2) is 33.0 Å². The number of hydrogen-bond donors (Lipinski definition) is 3. The van der Waals surface area contributed by atoms with Crippen LogP contribution >= 0.6 is 0 Å². The number of amides is 1. The number of nitrogens with zero attached hydrogens (tertiary/aromatic N) is 4. The van der Waals surface area contributed by atoms with Crippen LogP contribution in [0.5, 0.6) is 5.75 Å². The predicted octanol–water partition coefficient (Wildman–Crippen LogP) is 1.90. The standard InChI is InChI=1S/C23H27FN6O4/c1-14(25)27-13-28-17-10-16(24)5-4-15(17)11-26-20(32)18-19(31)21(33)30-8-9-34-12-23(22(30)29-18)6-2-3-7-23/h4-5,10,13,31H,2-3,6-9,11-12H2,1H3,(H,26,32)(H2,25,27,28). The van der Waals surface area contributed by atoms with Gasteiger partial charge in [0.1, 0.15) is 18.0 Å². The maximum Gasteiger partial charge on any atom is 0.296 e. The van der Waals surface area contributed by atoms with Gasteiger partial charge in [-0.2, -0.15) is 0 Å². The predicted molar refractivity (Wildman–Crippen MR) is 124 cm³/mol. The summed E-state index contributed by atoms with van der Waals surface area (Å²) >= 11 is 0. The Morgan fingerprint density at radius 3 is 2.91 bits per heavy atom. The molecule has 1 fully saturated rings. The molecule has 10 nitrogen and oxygen atoms in total. The Balaban J connectivity index is 1.62. The number of nitrogens with two attached hydrogens (primary N) is 1. The van der Waals surface area contributed by atoms with Crippen molar-refractivity contribution in [3.63, 3.8) is 0 Å². The molecule has 1 aliphatic heterocycles. The molecule has 2 heterocycles. The Kier molecular flexibility index (Phi) is 6.73. The van der Waals surface area contributed by atoms with Crippen LogP contribution in [0.2, 0.25) is 0 Å². The van der Waals surface area contributed by atoms with Crippen LogP contribution in [0.1, 0.15) is 54.5 Å². The Hall–Kier alpha value is -3.60. The van der Waals surface area contributed by atoms with Crippen molar-refractivity contribution in [3.8, 4) is 5.75 Å². The average Bonchev–Trinajstić information content (AvgIpc) is 3.20. The topological polar surface area (TPSA) is 144 Å². The minimum absolute atomic E-state index is 0.0368. The SMILES string of the molecule is CC(N)=NC=Nc1cc(F)ccc1CNC(=O)c1nc2n(c(=O)c1O)CCOCC21CCCC1. The minimum atomic E-state index is -0.716. The largest absolute Gasteiger partial charge is 0.501 e. The van der Waals surface area contributed by atoms with Gasteiger partial charge in [0, 0.05) is 6.54 Å². The Bertz CT molecular complexity index is 1210. The van der Waals surface area contributed by atoms with Gasteiger partial charge in [-0.05, 0) is 37.5 Å². The number of fused-ring (bicyclic) bond motifs is 2. The Morgan fingerprint density at radius 2 is 2.18 bits per heavy atom. The van der Waals surface area contributed by atoms with Crippen LogP contribution < -0.4 is 16.6 Å². The molecule has 180 valence electrons. The zero-order chi connectivity index (χ0) is 24.3. The fourth-order valence-electron chi connectivity index (χ4n) is 4.47. The zero-order valence-corrected chi connectivity index (χ0v) is 18.9. The number of carbonyl (C=O) groups is 1. The fraction of sp³-hybridized carbons (Fsp3) is 0.435. The van der Waals surface area contributed by atoms with E-state index in [1.165, 1.54) is 29.1 Å². The number of amidine groups is 1. The van der Waals surface area contributed by atoms with E-state index in [1.54, 1.807) is 6.92 Å². The van der Waals surface area contributed by atoms with E-state index in [0.29, 0.717) is 24.6 Å². The summed E-state index contributed by atoms with van der Waals surface area (Å²) in [5, 5.41) is 13.2. The number of aromatic nitrogens is 2. The average molecular weight is 471 g/mol. The van der Waals surface area contributed by atoms with Gasteiger partial charge in [-0.1, -0.05) is 18.9 Å². The molecular weight excluding hydrogens is 443 g/mol. The third-order valence-electron chi connectivity index (χ3n) is 6.18. The second-order valence-corrected chi connectivity index (χ2v) is 8.60. The molecule has 1 saturated carbocycles. The normalized spacial score (nSPS) is 17.6. The van der Waals surface area contributed by atoms with E-state index in [9.17, 15) is 19.1 Å². The van der Waals surface area contributed by atoms with Crippen molar-refractivity contribution >= 4 is 23.8 Å². The van der Waals surface area contributed by atoms with E-state index in [4.69, 9.17) is 10.5 Å². The van der Waals surface area contributed by atoms with E-state index in [2.05, 4.69) is 20.3 Å². The molecular formula is C23H27FN6O4. The molecule has 1 aliphatic carbocycles. The number of aliphatic imine (C=N–C) groups is 2. The van der Waals surface area contributed by atoms with E-state index < -0.39 is 28.4 Å². The van der Waals surface area contributed by atoms with Crippen molar-refractivity contribution < 1.29 is 19.0 Å². The highest BCUT2D eigenvalue weighted by Gasteiger charge is 2.42. The molecule has 34 heavy (non-hydrogen) atoms. The molecule has 2 aromatic rings. The van der Waals surface area contributed by atoms with Gasteiger partial charge >= 0.3 is 0 Å². The number of aromatic hydroxyl groups is 1. The number of hydrogen-bond acceptors (Lipinski definition) is 6. The number of carbonyl (C=O) groups excluding carboxylic acids is 1. The quantitative estimate of drug-likeness (QED) is 0.450. The maximum absolute atomic E-state index is 13.7. The number of rotatable bonds is 5. The molecule has 2 aliphatic rings. The first kappa shape index (κ1) is 23.6. The lowest BCUT2D eigenvalue weighted by atomic mass is 9.86. The molecule has 0 unspecified atom stereocenters. The number of benzene rings is 1. The Labute approximate surface area is 195 Å². The highest BCUT2D eigenvalue weighted by atomic mass is 19.1. The minimum Gasteiger partial charge on any atom is -0.501 e. The number of halogens is 1. The van der Waals surface area contributed by atoms with Crippen molar-refractivity contribution in [1.29, 1.82) is 0 Å². The van der Waals surface area contributed by atoms with Gasteiger partial charge < -0.3 is 20.9 Å². The van der Waals surface area contributed by atoms with Gasteiger partial charge in [-0.3, -0.25) is 14.2 Å². The summed E-state index contributed by atoms with van der Waals surface area (Å²) in [4.78, 5) is 38.3. The summed E-state index contributed by atoms with van der Waals surface area (Å²) in [6, 6.07) is 3.92. The van der Waals surface area contributed by atoms with Crippen LogP contribution in [-0.2, 0) is 23.2 Å². The summed E-state index contributed by atoms with van der Waals surface area (Å²) in [7, 11) is 0. The second-order valence-electron chi connectivity index (χ2n) is 8.60. The lowest BCUT2D eigenvalue weighted by Gasteiger charge is -2.28. The fourth-order valence-corrected chi connectivity index (χ4v) is 4.47. The molecule has 0 radical (unpaired) electrons. The Morgan fingerprint density at radius 1 is 1.41 bits per heavy atom. The van der Waals surface area contributed by atoms with Crippen LogP contribution in [0.25, 0.3) is 0 Å². The lowest BCUT2D eigenvalue weighted by Crippen LogP contribution is -2.38. The molecule has 0 saturated heterocycles. The first-order valence-electron chi connectivity index (χ1n) is 11.1. The molecule has 1 amide bonds. The van der Waals surface area contributed by atoms with Crippen molar-refractivity contribution in [2.45, 2.75) is 51.1 Å². The number of nitrogens with one attached hydrogen (secondary N) is 1. The molecule has 1 aromatic carbocycles. The maximum atomic E-state index is 13.7. The molecule has 4 N–H and O–H groups in total. The molecule has 1 spiro atoms. The molecule has 4 rings (SSSR count). The third kappa shape index (κ3) is 4.69. The number of ether oxygens (including phenoxy) is 1. The monoisotopic (exact) mass is 470 g/mol. The molecule has 11 heteroatoms. The first-order valence-corrected chi connectivity index (χ1v) is 11.1. The van der Waals surface area contributed by atoms with Crippen LogP contribution in [0.3, 0.4) is 0 Å². The van der Waals surface area contributed by atoms with Gasteiger partial charge in [0.25, 0.3) is 11.5 Å². The highest BCUT2D eigenvalue weighted by molar-refractivity contribution is 5.94. The van der Waals surface area contributed by atoms with Crippen LogP contribution in [0, 0.1) is 5.82 Å². The van der Waals surface area contributed by atoms with E-state index in [-0.39, 0.29) is 30.3 Å². The highest BCUT2D eigenvalue weighted by Crippen LogP contribution is 2.41. The van der Waals surface area contributed by atoms with Crippen molar-refractivity contribution in [1.82, 2.24) is 14.9 Å². The summed E-state index contributed by atoms with van der Waals surface area (Å²) < 4.78 is 20.9. The van der Waals surface area contributed by atoms with Crippen molar-refractivity contribution in [2.75, 3.05) is 13.2 Å². The second kappa shape index (κ2) is 9.72. The van der Waals surface area contributed by atoms with E-state index in [0.717, 1.165) is 25.7 Å². The van der Waals surface area contributed by atoms with Gasteiger partial charge in [0.05, 0.1) is 36.7 Å². The third-order valence-corrected chi connectivity index (χ3v) is 6.18. The van der Waals surface area contributed by atoms with Gasteiger partial charge in [0.2, 0.25) is 5.75 Å². The first-order chi connectivity index (χ1) is 16.3. The molecule has 0 atom stereocenters. The summed E-state index contributed by atoms with van der Waals surface area (Å²) in [6.07, 6.45) is 4.74. The van der Waals surface area contributed by atoms with E-state index in [1.807, 2.05) is 0 Å². The van der Waals surface area contributed by atoms with Crippen LogP contribution in [-0.4, -0.2) is 46.0 Å².